The molecule has 2 aromatic carbocycles. The van der Waals surface area contributed by atoms with Crippen LogP contribution in [0.4, 0.5) is 0 Å². The lowest BCUT2D eigenvalue weighted by atomic mass is 10.1. The summed E-state index contributed by atoms with van der Waals surface area (Å²) >= 11 is 3.42. The second-order valence-electron chi connectivity index (χ2n) is 7.59. The third-order valence-electron chi connectivity index (χ3n) is 5.45. The minimum absolute atomic E-state index is 0.456. The number of nitrogens with zero attached hydrogens (tertiary/aromatic N) is 1. The van der Waals surface area contributed by atoms with E-state index >= 15 is 0 Å². The third kappa shape index (κ3) is 6.93. The van der Waals surface area contributed by atoms with Crippen LogP contribution >= 0.6 is 15.9 Å². The number of aldehydes is 1. The van der Waals surface area contributed by atoms with Crippen molar-refractivity contribution in [3.05, 3.63) is 70.4 Å². The molecule has 0 N–H and O–H groups in total. The minimum atomic E-state index is -0.456. The van der Waals surface area contributed by atoms with Crippen LogP contribution in [0, 0.1) is 0 Å². The Kier molecular flexibility index (Phi) is 10.2. The van der Waals surface area contributed by atoms with Crippen LogP contribution in [-0.4, -0.2) is 58.8 Å². The Hall–Kier alpha value is -2.65. The van der Waals surface area contributed by atoms with Gasteiger partial charge >= 0.3 is 0 Å². The maximum Gasteiger partial charge on any atom is 0.153 e. The standard InChI is InChI=1S/C14H19NO3.C12H11BrO3/c1-17-14(11-16)13-4-2-12(3-5-13)10-15-6-8-18-9-7-15;1-14-10-6-8(9-4-3-5-16-9)7-11(15-2)12(10)13/h2-5,11,14H,6-10H2,1H3;3-7H,1-2H3. The molecule has 0 aliphatic carbocycles. The zero-order valence-electron chi connectivity index (χ0n) is 19.7. The van der Waals surface area contributed by atoms with Crippen LogP contribution in [0.25, 0.3) is 11.3 Å². The molecular weight excluding hydrogens is 502 g/mol. The molecule has 0 bridgehead atoms. The first-order chi connectivity index (χ1) is 16.6. The average molecular weight is 532 g/mol. The van der Waals surface area contributed by atoms with Crippen molar-refractivity contribution in [1.29, 1.82) is 0 Å². The third-order valence-corrected chi connectivity index (χ3v) is 6.23. The molecule has 1 saturated heterocycles. The van der Waals surface area contributed by atoms with Gasteiger partial charge in [-0.15, -0.1) is 0 Å². The monoisotopic (exact) mass is 531 g/mol. The van der Waals surface area contributed by atoms with E-state index in [2.05, 4.69) is 33.0 Å². The highest BCUT2D eigenvalue weighted by Crippen LogP contribution is 2.38. The number of carbonyl (C=O) groups is 1. The number of halogens is 1. The number of methoxy groups -OCH3 is 3. The Morgan fingerprint density at radius 1 is 1.03 bits per heavy atom. The van der Waals surface area contributed by atoms with Gasteiger partial charge in [0.05, 0.1) is 33.7 Å². The van der Waals surface area contributed by atoms with Crippen molar-refractivity contribution in [2.45, 2.75) is 12.6 Å². The SMILES string of the molecule is COC(C=O)c1ccc(CN2CCOCC2)cc1.COc1cc(-c2ccco2)cc(OC)c1Br. The van der Waals surface area contributed by atoms with E-state index in [9.17, 15) is 4.79 Å². The Morgan fingerprint density at radius 3 is 2.18 bits per heavy atom. The van der Waals surface area contributed by atoms with Crippen LogP contribution in [0.2, 0.25) is 0 Å². The van der Waals surface area contributed by atoms with Gasteiger partial charge in [-0.2, -0.15) is 0 Å². The molecule has 1 unspecified atom stereocenters. The summed E-state index contributed by atoms with van der Waals surface area (Å²) in [6.07, 6.45) is 2.00. The molecule has 1 aliphatic heterocycles. The van der Waals surface area contributed by atoms with Crippen molar-refractivity contribution in [2.75, 3.05) is 47.6 Å². The van der Waals surface area contributed by atoms with Gasteiger partial charge in [-0.25, -0.2) is 0 Å². The van der Waals surface area contributed by atoms with Gasteiger partial charge in [-0.1, -0.05) is 24.3 Å². The fourth-order valence-corrected chi connectivity index (χ4v) is 4.11. The van der Waals surface area contributed by atoms with Crippen molar-refractivity contribution in [1.82, 2.24) is 4.90 Å². The van der Waals surface area contributed by atoms with E-state index in [-0.39, 0.29) is 0 Å². The summed E-state index contributed by atoms with van der Waals surface area (Å²) in [6, 6.07) is 15.5. The maximum atomic E-state index is 10.8. The highest BCUT2D eigenvalue weighted by molar-refractivity contribution is 9.10. The van der Waals surface area contributed by atoms with E-state index in [1.54, 1.807) is 27.6 Å². The number of rotatable bonds is 8. The molecule has 0 spiro atoms. The molecule has 4 rings (SSSR count). The van der Waals surface area contributed by atoms with Crippen LogP contribution in [0.5, 0.6) is 11.5 Å². The molecule has 2 heterocycles. The Bertz CT molecular complexity index is 991. The molecule has 7 nitrogen and oxygen atoms in total. The molecule has 1 aliphatic rings. The molecule has 0 radical (unpaired) electrons. The first-order valence-corrected chi connectivity index (χ1v) is 11.7. The van der Waals surface area contributed by atoms with E-state index < -0.39 is 6.10 Å². The van der Waals surface area contributed by atoms with E-state index in [0.717, 1.165) is 60.5 Å². The van der Waals surface area contributed by atoms with Gasteiger partial charge in [0.15, 0.2) is 6.29 Å². The summed E-state index contributed by atoms with van der Waals surface area (Å²) in [7, 11) is 4.78. The second kappa shape index (κ2) is 13.3. The molecule has 0 amide bonds. The fourth-order valence-electron chi connectivity index (χ4n) is 3.55. The van der Waals surface area contributed by atoms with E-state index in [0.29, 0.717) is 11.5 Å². The Labute approximate surface area is 208 Å². The van der Waals surface area contributed by atoms with Gasteiger partial charge in [0, 0.05) is 32.3 Å². The lowest BCUT2D eigenvalue weighted by Crippen LogP contribution is -2.35. The smallest absolute Gasteiger partial charge is 0.153 e. The van der Waals surface area contributed by atoms with Gasteiger partial charge in [0.25, 0.3) is 0 Å². The van der Waals surface area contributed by atoms with Crippen LogP contribution in [0.3, 0.4) is 0 Å². The normalized spacial score (nSPS) is 14.6. The van der Waals surface area contributed by atoms with E-state index in [1.165, 1.54) is 5.56 Å². The van der Waals surface area contributed by atoms with Crippen molar-refractivity contribution in [3.63, 3.8) is 0 Å². The number of hydrogen-bond donors (Lipinski definition) is 0. The van der Waals surface area contributed by atoms with Gasteiger partial charge in [-0.05, 0) is 51.3 Å². The van der Waals surface area contributed by atoms with Gasteiger partial charge in [0.2, 0.25) is 0 Å². The van der Waals surface area contributed by atoms with Gasteiger partial charge in [-0.3, -0.25) is 4.90 Å². The molecule has 182 valence electrons. The summed E-state index contributed by atoms with van der Waals surface area (Å²) in [6.45, 7) is 4.53. The molecule has 1 fully saturated rings. The largest absolute Gasteiger partial charge is 0.495 e. The average Bonchev–Trinajstić information content (AvgIpc) is 3.42. The Balaban J connectivity index is 0.000000192. The van der Waals surface area contributed by atoms with E-state index in [1.807, 2.05) is 36.4 Å². The van der Waals surface area contributed by atoms with Crippen molar-refractivity contribution >= 4 is 22.2 Å². The first kappa shape index (κ1) is 26.0. The summed E-state index contributed by atoms with van der Waals surface area (Å²) < 4.78 is 27.0. The Morgan fingerprint density at radius 2 is 1.68 bits per heavy atom. The summed E-state index contributed by atoms with van der Waals surface area (Å²) in [5, 5.41) is 0. The zero-order chi connectivity index (χ0) is 24.3. The van der Waals surface area contributed by atoms with Gasteiger partial charge < -0.3 is 28.2 Å². The summed E-state index contributed by atoms with van der Waals surface area (Å²) in [5.41, 5.74) is 3.07. The number of hydrogen-bond acceptors (Lipinski definition) is 7. The van der Waals surface area contributed by atoms with E-state index in [4.69, 9.17) is 23.4 Å². The number of morpholine rings is 1. The highest BCUT2D eigenvalue weighted by Gasteiger charge is 2.13. The lowest BCUT2D eigenvalue weighted by Gasteiger charge is -2.26. The zero-order valence-corrected chi connectivity index (χ0v) is 21.2. The lowest BCUT2D eigenvalue weighted by molar-refractivity contribution is -0.116. The fraction of sp³-hybridized carbons (Fsp3) is 0.346. The predicted molar refractivity (Wildman–Crippen MR) is 133 cm³/mol. The number of benzene rings is 2. The number of furan rings is 1. The number of ether oxygens (including phenoxy) is 4. The summed E-state index contributed by atoms with van der Waals surface area (Å²) in [5.74, 6) is 2.21. The first-order valence-electron chi connectivity index (χ1n) is 10.9. The van der Waals surface area contributed by atoms with Crippen molar-refractivity contribution in [3.8, 4) is 22.8 Å². The topological polar surface area (TPSA) is 70.4 Å². The molecule has 0 saturated carbocycles. The van der Waals surface area contributed by atoms with Crippen LogP contribution in [-0.2, 0) is 20.8 Å². The second-order valence-corrected chi connectivity index (χ2v) is 8.39. The molecule has 1 atom stereocenters. The molecule has 1 aromatic heterocycles. The van der Waals surface area contributed by atoms with Crippen molar-refractivity contribution < 1.29 is 28.2 Å². The highest BCUT2D eigenvalue weighted by atomic mass is 79.9. The van der Waals surface area contributed by atoms with Crippen LogP contribution in [0.15, 0.2) is 63.7 Å². The maximum absolute atomic E-state index is 10.8. The van der Waals surface area contributed by atoms with Crippen LogP contribution < -0.4 is 9.47 Å². The molecule has 34 heavy (non-hydrogen) atoms. The molecular formula is C26H30BrNO6. The quantitative estimate of drug-likeness (QED) is 0.373. The van der Waals surface area contributed by atoms with Crippen LogP contribution in [0.1, 0.15) is 17.2 Å². The van der Waals surface area contributed by atoms with Crippen molar-refractivity contribution in [2.24, 2.45) is 0 Å². The minimum Gasteiger partial charge on any atom is -0.495 e. The van der Waals surface area contributed by atoms with Gasteiger partial charge in [0.1, 0.15) is 27.8 Å². The predicted octanol–water partition coefficient (Wildman–Crippen LogP) is 5.13. The molecule has 8 heteroatoms. The summed E-state index contributed by atoms with van der Waals surface area (Å²) in [4.78, 5) is 13.2. The number of carbonyl (C=O) groups excluding carboxylic acids is 1. The molecule has 3 aromatic rings.